The van der Waals surface area contributed by atoms with Gasteiger partial charge in [-0.1, -0.05) is 18.2 Å². The minimum Gasteiger partial charge on any atom is -0.322 e. The second kappa shape index (κ2) is 10.3. The van der Waals surface area contributed by atoms with Gasteiger partial charge in [0.2, 0.25) is 0 Å². The summed E-state index contributed by atoms with van der Waals surface area (Å²) in [7, 11) is -7.79. The molecule has 0 aliphatic heterocycles. The number of aromatic nitrogens is 1. The molecule has 3 N–H and O–H groups in total. The van der Waals surface area contributed by atoms with Crippen molar-refractivity contribution >= 4 is 53.8 Å². The maximum Gasteiger partial charge on any atom is 0.263 e. The number of amides is 1. The van der Waals surface area contributed by atoms with Crippen LogP contribution in [0.5, 0.6) is 0 Å². The summed E-state index contributed by atoms with van der Waals surface area (Å²) in [6, 6.07) is 15.5. The summed E-state index contributed by atoms with van der Waals surface area (Å²) < 4.78 is 56.3. The normalized spacial score (nSPS) is 11.6. The molecule has 12 heteroatoms. The Kier molecular flexibility index (Phi) is 7.35. The molecule has 0 bridgehead atoms. The lowest BCUT2D eigenvalue weighted by Gasteiger charge is -2.14. The van der Waals surface area contributed by atoms with Crippen LogP contribution in [0, 0.1) is 20.8 Å². The van der Waals surface area contributed by atoms with E-state index in [0.29, 0.717) is 16.9 Å². The smallest absolute Gasteiger partial charge is 0.263 e. The van der Waals surface area contributed by atoms with Gasteiger partial charge < -0.3 is 5.32 Å². The van der Waals surface area contributed by atoms with E-state index in [1.807, 2.05) is 19.1 Å². The van der Waals surface area contributed by atoms with Gasteiger partial charge in [-0.15, -0.1) is 11.3 Å². The minimum atomic E-state index is -3.96. The highest BCUT2D eigenvalue weighted by Crippen LogP contribution is 2.25. The number of thiazole rings is 1. The van der Waals surface area contributed by atoms with Crippen molar-refractivity contribution in [3.8, 4) is 0 Å². The van der Waals surface area contributed by atoms with Crippen LogP contribution >= 0.6 is 11.3 Å². The molecular formula is C25H24N4O5S3. The molecule has 1 heterocycles. The fraction of sp³-hybridized carbons (Fsp3) is 0.120. The van der Waals surface area contributed by atoms with Gasteiger partial charge in [-0.3, -0.25) is 14.2 Å². The Morgan fingerprint density at radius 2 is 1.51 bits per heavy atom. The second-order valence-electron chi connectivity index (χ2n) is 8.33. The zero-order valence-corrected chi connectivity index (χ0v) is 22.6. The molecule has 4 aromatic rings. The van der Waals surface area contributed by atoms with Crippen LogP contribution in [0.15, 0.2) is 82.0 Å². The zero-order valence-electron chi connectivity index (χ0n) is 20.1. The number of anilines is 3. The van der Waals surface area contributed by atoms with Crippen LogP contribution in [0.1, 0.15) is 27.0 Å². The number of carbonyl (C=O) groups excluding carboxylic acids is 1. The Labute approximate surface area is 219 Å². The minimum absolute atomic E-state index is 0.00179. The third-order valence-corrected chi connectivity index (χ3v) is 9.13. The monoisotopic (exact) mass is 556 g/mol. The predicted molar refractivity (Wildman–Crippen MR) is 145 cm³/mol. The highest BCUT2D eigenvalue weighted by atomic mass is 32.2. The molecule has 4 rings (SSSR count). The first-order valence-electron chi connectivity index (χ1n) is 11.0. The summed E-state index contributed by atoms with van der Waals surface area (Å²) in [6.07, 6.45) is 1.49. The van der Waals surface area contributed by atoms with Crippen molar-refractivity contribution in [3.05, 3.63) is 94.5 Å². The Hall–Kier alpha value is -3.74. The predicted octanol–water partition coefficient (Wildman–Crippen LogP) is 4.92. The molecule has 0 radical (unpaired) electrons. The van der Waals surface area contributed by atoms with Crippen molar-refractivity contribution in [2.75, 3.05) is 14.8 Å². The summed E-state index contributed by atoms with van der Waals surface area (Å²) in [5.41, 5.74) is 3.11. The fourth-order valence-corrected chi connectivity index (χ4v) is 6.63. The van der Waals surface area contributed by atoms with E-state index in [-0.39, 0.29) is 20.5 Å². The van der Waals surface area contributed by atoms with Gasteiger partial charge >= 0.3 is 0 Å². The van der Waals surface area contributed by atoms with Crippen LogP contribution in [0.4, 0.5) is 16.5 Å². The highest BCUT2D eigenvalue weighted by Gasteiger charge is 2.21. The lowest BCUT2D eigenvalue weighted by atomic mass is 10.1. The molecule has 0 saturated heterocycles. The van der Waals surface area contributed by atoms with Crippen molar-refractivity contribution in [2.45, 2.75) is 30.6 Å². The summed E-state index contributed by atoms with van der Waals surface area (Å²) in [5.74, 6) is -0.542. The number of carbonyl (C=O) groups is 1. The second-order valence-corrected chi connectivity index (χ2v) is 12.6. The Balaban J connectivity index is 1.52. The standard InChI is InChI=1S/C25H24N4O5S3/c1-16-4-5-17(2)22(14-16)28-37(33,34)23-15-19(7-6-18(23)3)24(30)27-20-8-10-21(11-9-20)36(31,32)29-25-26-12-13-35-25/h4-15,28H,1-3H3,(H,26,29)(H,27,30). The lowest BCUT2D eigenvalue weighted by Crippen LogP contribution is -2.18. The molecule has 1 amide bonds. The number of rotatable bonds is 8. The summed E-state index contributed by atoms with van der Waals surface area (Å²) in [4.78, 5) is 16.8. The van der Waals surface area contributed by atoms with Gasteiger partial charge in [-0.25, -0.2) is 21.8 Å². The van der Waals surface area contributed by atoms with Crippen molar-refractivity contribution in [1.82, 2.24) is 4.98 Å². The van der Waals surface area contributed by atoms with E-state index in [1.54, 1.807) is 31.4 Å². The van der Waals surface area contributed by atoms with Crippen LogP contribution < -0.4 is 14.8 Å². The molecule has 0 aliphatic rings. The average Bonchev–Trinajstić information content (AvgIpc) is 3.34. The Morgan fingerprint density at radius 3 is 2.19 bits per heavy atom. The molecule has 0 atom stereocenters. The van der Waals surface area contributed by atoms with Crippen molar-refractivity contribution in [2.24, 2.45) is 0 Å². The maximum atomic E-state index is 13.2. The van der Waals surface area contributed by atoms with Crippen molar-refractivity contribution < 1.29 is 21.6 Å². The van der Waals surface area contributed by atoms with E-state index in [9.17, 15) is 21.6 Å². The zero-order chi connectivity index (χ0) is 26.8. The largest absolute Gasteiger partial charge is 0.322 e. The first kappa shape index (κ1) is 26.3. The van der Waals surface area contributed by atoms with E-state index in [0.717, 1.165) is 22.5 Å². The summed E-state index contributed by atoms with van der Waals surface area (Å²) >= 11 is 1.15. The van der Waals surface area contributed by atoms with E-state index >= 15 is 0 Å². The average molecular weight is 557 g/mol. The highest BCUT2D eigenvalue weighted by molar-refractivity contribution is 7.93. The number of hydrogen-bond donors (Lipinski definition) is 3. The molecule has 9 nitrogen and oxygen atoms in total. The van der Waals surface area contributed by atoms with Gasteiger partial charge in [0.15, 0.2) is 5.13 Å². The number of nitrogens with zero attached hydrogens (tertiary/aromatic N) is 1. The van der Waals surface area contributed by atoms with E-state index in [2.05, 4.69) is 19.7 Å². The molecule has 0 unspecified atom stereocenters. The van der Waals surface area contributed by atoms with Crippen LogP contribution in [-0.4, -0.2) is 27.7 Å². The molecule has 0 saturated carbocycles. The number of nitrogens with one attached hydrogen (secondary N) is 3. The Bertz CT molecular complexity index is 1670. The van der Waals surface area contributed by atoms with Gasteiger partial charge in [0.25, 0.3) is 26.0 Å². The van der Waals surface area contributed by atoms with Crippen molar-refractivity contribution in [1.29, 1.82) is 0 Å². The quantitative estimate of drug-likeness (QED) is 0.282. The molecule has 3 aromatic carbocycles. The maximum absolute atomic E-state index is 13.2. The van der Waals surface area contributed by atoms with Crippen LogP contribution in [0.25, 0.3) is 0 Å². The molecule has 192 valence electrons. The lowest BCUT2D eigenvalue weighted by molar-refractivity contribution is 0.102. The third kappa shape index (κ3) is 6.16. The van der Waals surface area contributed by atoms with Gasteiger partial charge in [0, 0.05) is 22.8 Å². The van der Waals surface area contributed by atoms with Gasteiger partial charge in [0.05, 0.1) is 15.5 Å². The Morgan fingerprint density at radius 1 is 0.811 bits per heavy atom. The van der Waals surface area contributed by atoms with Gasteiger partial charge in [0.1, 0.15) is 0 Å². The molecule has 0 spiro atoms. The van der Waals surface area contributed by atoms with E-state index < -0.39 is 26.0 Å². The topological polar surface area (TPSA) is 134 Å². The summed E-state index contributed by atoms with van der Waals surface area (Å²) in [5, 5.41) is 4.56. The van der Waals surface area contributed by atoms with Crippen LogP contribution in [-0.2, 0) is 20.0 Å². The number of sulfonamides is 2. The number of aryl methyl sites for hydroxylation is 3. The molecular weight excluding hydrogens is 532 g/mol. The first-order chi connectivity index (χ1) is 17.4. The molecule has 1 aromatic heterocycles. The van der Waals surface area contributed by atoms with Crippen molar-refractivity contribution in [3.63, 3.8) is 0 Å². The molecule has 0 fully saturated rings. The first-order valence-corrected chi connectivity index (χ1v) is 14.8. The SMILES string of the molecule is Cc1ccc(C)c(NS(=O)(=O)c2cc(C(=O)Nc3ccc(S(=O)(=O)Nc4nccs4)cc3)ccc2C)c1. The summed E-state index contributed by atoms with van der Waals surface area (Å²) in [6.45, 7) is 5.32. The molecule has 0 aliphatic carbocycles. The van der Waals surface area contributed by atoms with Gasteiger partial charge in [-0.05, 0) is 79.9 Å². The fourth-order valence-electron chi connectivity index (χ4n) is 3.44. The van der Waals surface area contributed by atoms with Crippen LogP contribution in [0.2, 0.25) is 0 Å². The molecule has 37 heavy (non-hydrogen) atoms. The number of hydrogen-bond acceptors (Lipinski definition) is 7. The van der Waals surface area contributed by atoms with Crippen LogP contribution in [0.3, 0.4) is 0 Å². The van der Waals surface area contributed by atoms with E-state index in [1.165, 1.54) is 42.6 Å². The van der Waals surface area contributed by atoms with E-state index in [4.69, 9.17) is 0 Å². The number of benzene rings is 3. The third-order valence-electron chi connectivity index (χ3n) is 5.45. The van der Waals surface area contributed by atoms with Gasteiger partial charge in [-0.2, -0.15) is 0 Å².